The number of nitrogens with zero attached hydrogens (tertiary/aromatic N) is 3. The third kappa shape index (κ3) is 4.90. The molecule has 1 atom stereocenters. The minimum Gasteiger partial charge on any atom is -0.461 e. The Hall–Kier alpha value is -3.26. The second-order valence-electron chi connectivity index (χ2n) is 7.70. The number of ketones is 1. The van der Waals surface area contributed by atoms with Gasteiger partial charge in [-0.3, -0.25) is 14.6 Å². The molecular formula is C25H29N3O4S. The highest BCUT2D eigenvalue weighted by molar-refractivity contribution is 7.12. The van der Waals surface area contributed by atoms with Crippen LogP contribution in [0.2, 0.25) is 0 Å². The van der Waals surface area contributed by atoms with E-state index in [1.807, 2.05) is 42.0 Å². The number of hydrogen-bond acceptors (Lipinski definition) is 6. The Balaban J connectivity index is 2.03. The largest absolute Gasteiger partial charge is 0.461 e. The quantitative estimate of drug-likeness (QED) is 0.337. The van der Waals surface area contributed by atoms with Crippen LogP contribution in [-0.4, -0.2) is 44.8 Å². The third-order valence-electron chi connectivity index (χ3n) is 5.74. The summed E-state index contributed by atoms with van der Waals surface area (Å²) in [6.45, 7) is 10.0. The normalized spacial score (nSPS) is 11.8. The Kier molecular flexibility index (Phi) is 7.81. The molecule has 7 nitrogen and oxygen atoms in total. The number of hydrogen-bond donors (Lipinski definition) is 0. The van der Waals surface area contributed by atoms with Crippen molar-refractivity contribution in [2.75, 3.05) is 6.61 Å². The van der Waals surface area contributed by atoms with Gasteiger partial charge in [-0.15, -0.1) is 11.3 Å². The van der Waals surface area contributed by atoms with E-state index in [4.69, 9.17) is 4.74 Å². The van der Waals surface area contributed by atoms with Crippen molar-refractivity contribution in [2.45, 2.75) is 53.8 Å². The average molecular weight is 468 g/mol. The summed E-state index contributed by atoms with van der Waals surface area (Å²) < 4.78 is 7.04. The summed E-state index contributed by atoms with van der Waals surface area (Å²) in [5.41, 5.74) is 3.00. The molecule has 3 heterocycles. The molecule has 0 aliphatic heterocycles. The van der Waals surface area contributed by atoms with Gasteiger partial charge in [0, 0.05) is 36.7 Å². The maximum Gasteiger partial charge on any atom is 0.355 e. The van der Waals surface area contributed by atoms with Crippen LogP contribution in [0.25, 0.3) is 0 Å². The third-order valence-corrected chi connectivity index (χ3v) is 6.60. The summed E-state index contributed by atoms with van der Waals surface area (Å²) in [5, 5.41) is 1.84. The summed E-state index contributed by atoms with van der Waals surface area (Å²) in [6, 6.07) is 6.49. The zero-order valence-corrected chi connectivity index (χ0v) is 20.4. The molecule has 0 aromatic carbocycles. The van der Waals surface area contributed by atoms with Crippen LogP contribution >= 0.6 is 11.3 Å². The Morgan fingerprint density at radius 2 is 1.85 bits per heavy atom. The lowest BCUT2D eigenvalue weighted by molar-refractivity contribution is 0.0512. The van der Waals surface area contributed by atoms with Gasteiger partial charge in [-0.1, -0.05) is 6.07 Å². The molecule has 0 aliphatic carbocycles. The van der Waals surface area contributed by atoms with Crippen LogP contribution in [-0.2, 0) is 17.8 Å². The molecule has 1 amide bonds. The molecule has 0 saturated carbocycles. The van der Waals surface area contributed by atoms with Gasteiger partial charge in [-0.2, -0.15) is 0 Å². The fourth-order valence-corrected chi connectivity index (χ4v) is 4.76. The monoisotopic (exact) mass is 467 g/mol. The van der Waals surface area contributed by atoms with Crippen LogP contribution in [0.5, 0.6) is 0 Å². The fourth-order valence-electron chi connectivity index (χ4n) is 4.08. The SMILES string of the molecule is CCOC(=O)c1c(C)c(C(=O)C(C)N(Cc2ccncc2)C(=O)c2cccs2)c(C)n1CC. The van der Waals surface area contributed by atoms with Gasteiger partial charge in [-0.25, -0.2) is 4.79 Å². The molecule has 3 aromatic heterocycles. The van der Waals surface area contributed by atoms with E-state index in [0.29, 0.717) is 33.9 Å². The predicted octanol–water partition coefficient (Wildman–Crippen LogP) is 4.67. The van der Waals surface area contributed by atoms with Crippen molar-refractivity contribution < 1.29 is 19.1 Å². The molecule has 0 radical (unpaired) electrons. The van der Waals surface area contributed by atoms with Crippen molar-refractivity contribution in [2.24, 2.45) is 0 Å². The highest BCUT2D eigenvalue weighted by Crippen LogP contribution is 2.27. The van der Waals surface area contributed by atoms with Crippen LogP contribution in [0, 0.1) is 13.8 Å². The van der Waals surface area contributed by atoms with Gasteiger partial charge in [0.1, 0.15) is 5.69 Å². The number of ether oxygens (including phenoxy) is 1. The van der Waals surface area contributed by atoms with E-state index in [0.717, 1.165) is 5.56 Å². The van der Waals surface area contributed by atoms with Crippen molar-refractivity contribution in [3.8, 4) is 0 Å². The topological polar surface area (TPSA) is 81.5 Å². The molecule has 0 fully saturated rings. The lowest BCUT2D eigenvalue weighted by atomic mass is 9.99. The van der Waals surface area contributed by atoms with Crippen molar-refractivity contribution in [3.05, 3.63) is 75.0 Å². The van der Waals surface area contributed by atoms with Crippen molar-refractivity contribution in [1.82, 2.24) is 14.5 Å². The number of esters is 1. The predicted molar refractivity (Wildman–Crippen MR) is 128 cm³/mol. The van der Waals surface area contributed by atoms with Crippen LogP contribution in [0.15, 0.2) is 42.0 Å². The van der Waals surface area contributed by atoms with Crippen LogP contribution < -0.4 is 0 Å². The zero-order valence-electron chi connectivity index (χ0n) is 19.6. The summed E-state index contributed by atoms with van der Waals surface area (Å²) in [4.78, 5) is 46.0. The number of rotatable bonds is 9. The maximum atomic E-state index is 13.8. The smallest absolute Gasteiger partial charge is 0.355 e. The molecule has 0 bridgehead atoms. The second kappa shape index (κ2) is 10.6. The van der Waals surface area contributed by atoms with Crippen LogP contribution in [0.3, 0.4) is 0 Å². The summed E-state index contributed by atoms with van der Waals surface area (Å²) in [6.07, 6.45) is 3.33. The second-order valence-corrected chi connectivity index (χ2v) is 8.65. The van der Waals surface area contributed by atoms with Gasteiger partial charge in [0.05, 0.1) is 17.5 Å². The molecule has 3 rings (SSSR count). The number of pyridine rings is 1. The standard InChI is InChI=1S/C25H29N3O4S/c1-6-27-17(4)21(16(3)22(27)25(31)32-7-2)23(29)18(5)28(15-19-10-12-26-13-11-19)24(30)20-9-8-14-33-20/h8-14,18H,6-7,15H2,1-5H3. The molecular weight excluding hydrogens is 438 g/mol. The van der Waals surface area contributed by atoms with E-state index < -0.39 is 12.0 Å². The number of aromatic nitrogens is 2. The first-order valence-corrected chi connectivity index (χ1v) is 11.8. The first-order chi connectivity index (χ1) is 15.8. The van der Waals surface area contributed by atoms with Gasteiger partial charge in [0.2, 0.25) is 0 Å². The Morgan fingerprint density at radius 1 is 1.15 bits per heavy atom. The van der Waals surface area contributed by atoms with Crippen molar-refractivity contribution in [3.63, 3.8) is 0 Å². The molecule has 3 aromatic rings. The van der Waals surface area contributed by atoms with Crippen molar-refractivity contribution in [1.29, 1.82) is 0 Å². The van der Waals surface area contributed by atoms with Crippen molar-refractivity contribution >= 4 is 29.0 Å². The molecule has 174 valence electrons. The minimum atomic E-state index is -0.743. The first kappa shape index (κ1) is 24.4. The average Bonchev–Trinajstić information content (AvgIpc) is 3.43. The van der Waals surface area contributed by atoms with Crippen LogP contribution in [0.4, 0.5) is 0 Å². The highest BCUT2D eigenvalue weighted by atomic mass is 32.1. The maximum absolute atomic E-state index is 13.8. The molecule has 33 heavy (non-hydrogen) atoms. The zero-order chi connectivity index (χ0) is 24.1. The van der Waals surface area contributed by atoms with Gasteiger partial charge < -0.3 is 14.2 Å². The molecule has 8 heteroatoms. The molecule has 0 saturated heterocycles. The molecule has 0 N–H and O–H groups in total. The lowest BCUT2D eigenvalue weighted by Gasteiger charge is -2.28. The summed E-state index contributed by atoms with van der Waals surface area (Å²) >= 11 is 1.34. The van der Waals surface area contributed by atoms with E-state index in [9.17, 15) is 14.4 Å². The fraction of sp³-hybridized carbons (Fsp3) is 0.360. The van der Waals surface area contributed by atoms with E-state index in [1.54, 1.807) is 44.1 Å². The van der Waals surface area contributed by atoms with E-state index >= 15 is 0 Å². The van der Waals surface area contributed by atoms with E-state index in [1.165, 1.54) is 11.3 Å². The number of Topliss-reactive ketones (excluding diaryl/α,β-unsaturated/α-hetero) is 1. The lowest BCUT2D eigenvalue weighted by Crippen LogP contribution is -2.43. The molecule has 1 unspecified atom stereocenters. The molecule has 0 spiro atoms. The number of carbonyl (C=O) groups is 3. The Labute approximate surface area is 198 Å². The van der Waals surface area contributed by atoms with E-state index in [2.05, 4.69) is 4.98 Å². The minimum absolute atomic E-state index is 0.207. The number of carbonyl (C=O) groups excluding carboxylic acids is 3. The summed E-state index contributed by atoms with van der Waals surface area (Å²) in [7, 11) is 0. The van der Waals surface area contributed by atoms with Gasteiger partial charge >= 0.3 is 5.97 Å². The Morgan fingerprint density at radius 3 is 2.42 bits per heavy atom. The van der Waals surface area contributed by atoms with E-state index in [-0.39, 0.29) is 24.8 Å². The van der Waals surface area contributed by atoms with Gasteiger partial charge in [0.25, 0.3) is 5.91 Å². The number of thiophene rings is 1. The van der Waals surface area contributed by atoms with Gasteiger partial charge in [0.15, 0.2) is 5.78 Å². The first-order valence-electron chi connectivity index (χ1n) is 11.0. The highest BCUT2D eigenvalue weighted by Gasteiger charge is 2.33. The summed E-state index contributed by atoms with van der Waals surface area (Å²) in [5.74, 6) is -0.866. The molecule has 0 aliphatic rings. The van der Waals surface area contributed by atoms with Gasteiger partial charge in [-0.05, 0) is 69.3 Å². The Bertz CT molecular complexity index is 1140. The van der Waals surface area contributed by atoms with Crippen LogP contribution in [0.1, 0.15) is 68.1 Å². The number of amides is 1.